The minimum absolute atomic E-state index is 0.0847. The fourth-order valence-corrected chi connectivity index (χ4v) is 5.34. The molecule has 1 N–H and O–H groups in total. The predicted molar refractivity (Wildman–Crippen MR) is 105 cm³/mol. The topological polar surface area (TPSA) is 66.5 Å². The first-order valence-corrected chi connectivity index (χ1v) is 10.8. The van der Waals surface area contributed by atoms with Gasteiger partial charge in [0.05, 0.1) is 10.6 Å². The van der Waals surface area contributed by atoms with E-state index in [1.165, 1.54) is 6.92 Å². The predicted octanol–water partition coefficient (Wildman–Crippen LogP) is 3.57. The fourth-order valence-electron chi connectivity index (χ4n) is 2.99. The Labute approximate surface area is 158 Å². The van der Waals surface area contributed by atoms with Gasteiger partial charge in [-0.2, -0.15) is 0 Å². The Morgan fingerprint density at radius 3 is 2.58 bits per heavy atom. The van der Waals surface area contributed by atoms with Crippen molar-refractivity contribution in [1.82, 2.24) is 4.72 Å². The third-order valence-electron chi connectivity index (χ3n) is 4.31. The van der Waals surface area contributed by atoms with E-state index in [2.05, 4.69) is 11.6 Å². The summed E-state index contributed by atoms with van der Waals surface area (Å²) in [6, 6.07) is 14.0. The molecule has 0 aromatic heterocycles. The average molecular weight is 391 g/mol. The van der Waals surface area contributed by atoms with Crippen LogP contribution < -0.4 is 9.62 Å². The highest BCUT2D eigenvalue weighted by Gasteiger charge is 2.27. The Hall–Kier alpha value is -1.83. The van der Waals surface area contributed by atoms with Gasteiger partial charge in [-0.15, -0.1) is 11.8 Å². The van der Waals surface area contributed by atoms with E-state index in [-0.39, 0.29) is 22.1 Å². The third-order valence-corrected chi connectivity index (χ3v) is 7.00. The number of anilines is 1. The van der Waals surface area contributed by atoms with Crippen molar-refractivity contribution in [1.29, 1.82) is 0 Å². The molecule has 0 radical (unpaired) electrons. The zero-order chi connectivity index (χ0) is 18.9. The maximum atomic E-state index is 12.8. The van der Waals surface area contributed by atoms with Crippen molar-refractivity contribution >= 4 is 33.4 Å². The number of fused-ring (bicyclic) bond motifs is 1. The molecule has 2 atom stereocenters. The first-order chi connectivity index (χ1) is 12.3. The third kappa shape index (κ3) is 3.95. The number of thioether (sulfide) groups is 1. The maximum absolute atomic E-state index is 12.8. The quantitative estimate of drug-likeness (QED) is 0.867. The van der Waals surface area contributed by atoms with Gasteiger partial charge in [-0.05, 0) is 30.7 Å². The molecule has 0 unspecified atom stereocenters. The number of nitrogens with zero attached hydrogens (tertiary/aromatic N) is 1. The number of rotatable bonds is 4. The second kappa shape index (κ2) is 7.42. The molecule has 3 rings (SSSR count). The van der Waals surface area contributed by atoms with Gasteiger partial charge in [0, 0.05) is 29.7 Å². The van der Waals surface area contributed by atoms with Crippen LogP contribution in [0.1, 0.15) is 32.4 Å². The van der Waals surface area contributed by atoms with Crippen LogP contribution in [-0.2, 0) is 14.8 Å². The van der Waals surface area contributed by atoms with Crippen molar-refractivity contribution in [2.75, 3.05) is 11.4 Å². The number of hydrogen-bond donors (Lipinski definition) is 1. The Morgan fingerprint density at radius 2 is 1.92 bits per heavy atom. The highest BCUT2D eigenvalue weighted by atomic mass is 32.2. The first kappa shape index (κ1) is 18.9. The minimum Gasteiger partial charge on any atom is -0.310 e. The van der Waals surface area contributed by atoms with Crippen molar-refractivity contribution in [2.24, 2.45) is 0 Å². The van der Waals surface area contributed by atoms with E-state index >= 15 is 0 Å². The molecule has 0 aliphatic carbocycles. The molecule has 2 aromatic carbocycles. The summed E-state index contributed by atoms with van der Waals surface area (Å²) in [6.45, 7) is 5.94. The number of sulfonamides is 1. The number of hydrogen-bond acceptors (Lipinski definition) is 4. The van der Waals surface area contributed by atoms with E-state index in [0.29, 0.717) is 12.2 Å². The zero-order valence-electron chi connectivity index (χ0n) is 15.0. The smallest absolute Gasteiger partial charge is 0.241 e. The molecule has 26 heavy (non-hydrogen) atoms. The summed E-state index contributed by atoms with van der Waals surface area (Å²) in [7, 11) is -3.70. The summed E-state index contributed by atoms with van der Waals surface area (Å²) in [5.74, 6) is -0.0847. The van der Waals surface area contributed by atoms with Crippen LogP contribution >= 0.6 is 11.8 Å². The number of carbonyl (C=O) groups excluding carboxylic acids is 1. The molecule has 0 fully saturated rings. The maximum Gasteiger partial charge on any atom is 0.241 e. The molecular weight excluding hydrogens is 368 g/mol. The summed E-state index contributed by atoms with van der Waals surface area (Å²) in [5.41, 5.74) is 1.56. The Balaban J connectivity index is 1.92. The van der Waals surface area contributed by atoms with E-state index in [0.717, 1.165) is 10.5 Å². The molecule has 1 amide bonds. The van der Waals surface area contributed by atoms with Crippen molar-refractivity contribution in [2.45, 2.75) is 41.9 Å². The SMILES string of the molecule is CC(=O)N1C[C@@H](C)Sc2ccc(S(=O)(=O)N[C@H](C)c3ccccc3)cc21. The van der Waals surface area contributed by atoms with Gasteiger partial charge >= 0.3 is 0 Å². The van der Waals surface area contributed by atoms with Crippen LogP contribution in [0.2, 0.25) is 0 Å². The van der Waals surface area contributed by atoms with Gasteiger partial charge in [-0.1, -0.05) is 37.3 Å². The molecule has 5 nitrogen and oxygen atoms in total. The monoisotopic (exact) mass is 390 g/mol. The van der Waals surface area contributed by atoms with Crippen LogP contribution in [0.3, 0.4) is 0 Å². The standard InChI is InChI=1S/C19H22N2O3S2/c1-13-12-21(15(3)22)18-11-17(9-10-19(18)25-13)26(23,24)20-14(2)16-7-5-4-6-8-16/h4-11,13-14,20H,12H2,1-3H3/t13-,14-/m1/s1. The molecule has 7 heteroatoms. The van der Waals surface area contributed by atoms with Gasteiger partial charge in [0.2, 0.25) is 15.9 Å². The lowest BCUT2D eigenvalue weighted by molar-refractivity contribution is -0.116. The van der Waals surface area contributed by atoms with Crippen molar-refractivity contribution in [3.8, 4) is 0 Å². The highest BCUT2D eigenvalue weighted by Crippen LogP contribution is 2.39. The molecule has 0 saturated carbocycles. The highest BCUT2D eigenvalue weighted by molar-refractivity contribution is 8.00. The minimum atomic E-state index is -3.70. The Morgan fingerprint density at radius 1 is 1.23 bits per heavy atom. The normalized spacial score (nSPS) is 18.3. The van der Waals surface area contributed by atoms with E-state index in [1.807, 2.05) is 37.3 Å². The van der Waals surface area contributed by atoms with Crippen LogP contribution in [0.15, 0.2) is 58.3 Å². The van der Waals surface area contributed by atoms with Crippen LogP contribution in [0.4, 0.5) is 5.69 Å². The number of benzene rings is 2. The van der Waals surface area contributed by atoms with Crippen molar-refractivity contribution in [3.63, 3.8) is 0 Å². The van der Waals surface area contributed by atoms with Gasteiger partial charge < -0.3 is 4.90 Å². The second-order valence-electron chi connectivity index (χ2n) is 6.44. The zero-order valence-corrected chi connectivity index (χ0v) is 16.6. The molecule has 1 aliphatic rings. The Kier molecular flexibility index (Phi) is 5.41. The second-order valence-corrected chi connectivity index (χ2v) is 9.64. The first-order valence-electron chi connectivity index (χ1n) is 8.44. The van der Waals surface area contributed by atoms with Gasteiger partial charge in [-0.3, -0.25) is 4.79 Å². The van der Waals surface area contributed by atoms with Gasteiger partial charge in [0.25, 0.3) is 0 Å². The molecule has 0 saturated heterocycles. The van der Waals surface area contributed by atoms with E-state index in [4.69, 9.17) is 0 Å². The van der Waals surface area contributed by atoms with Crippen LogP contribution in [0.5, 0.6) is 0 Å². The lowest BCUT2D eigenvalue weighted by Gasteiger charge is -2.32. The number of nitrogens with one attached hydrogen (secondary N) is 1. The molecule has 2 aromatic rings. The fraction of sp³-hybridized carbons (Fsp3) is 0.316. The van der Waals surface area contributed by atoms with Crippen LogP contribution in [-0.4, -0.2) is 26.1 Å². The molecular formula is C19H22N2O3S2. The van der Waals surface area contributed by atoms with Crippen molar-refractivity contribution in [3.05, 3.63) is 54.1 Å². The molecule has 1 aliphatic heterocycles. The lowest BCUT2D eigenvalue weighted by atomic mass is 10.1. The molecule has 1 heterocycles. The van der Waals surface area contributed by atoms with E-state index in [9.17, 15) is 13.2 Å². The summed E-state index contributed by atoms with van der Waals surface area (Å²) in [6.07, 6.45) is 0. The summed E-state index contributed by atoms with van der Waals surface area (Å²) in [4.78, 5) is 14.7. The Bertz CT molecular complexity index is 914. The summed E-state index contributed by atoms with van der Waals surface area (Å²) >= 11 is 1.65. The summed E-state index contributed by atoms with van der Waals surface area (Å²) in [5, 5.41) is 0.269. The molecule has 0 bridgehead atoms. The van der Waals surface area contributed by atoms with Gasteiger partial charge in [0.15, 0.2) is 0 Å². The molecule has 0 spiro atoms. The van der Waals surface area contributed by atoms with Gasteiger partial charge in [-0.25, -0.2) is 13.1 Å². The average Bonchev–Trinajstić information content (AvgIpc) is 2.60. The van der Waals surface area contributed by atoms with E-state index in [1.54, 1.807) is 34.9 Å². The van der Waals surface area contributed by atoms with Crippen LogP contribution in [0, 0.1) is 0 Å². The van der Waals surface area contributed by atoms with E-state index < -0.39 is 10.0 Å². The number of amides is 1. The summed E-state index contributed by atoms with van der Waals surface area (Å²) < 4.78 is 28.4. The molecule has 138 valence electrons. The van der Waals surface area contributed by atoms with Gasteiger partial charge in [0.1, 0.15) is 0 Å². The van der Waals surface area contributed by atoms with Crippen LogP contribution in [0.25, 0.3) is 0 Å². The van der Waals surface area contributed by atoms with Crippen molar-refractivity contribution < 1.29 is 13.2 Å². The lowest BCUT2D eigenvalue weighted by Crippen LogP contribution is -2.37. The number of carbonyl (C=O) groups is 1. The largest absolute Gasteiger partial charge is 0.310 e.